The molecule has 1 nitrogen and oxygen atoms in total. The van der Waals surface area contributed by atoms with Gasteiger partial charge in [-0.2, -0.15) is 0 Å². The van der Waals surface area contributed by atoms with Crippen LogP contribution in [0.2, 0.25) is 0 Å². The third-order valence-electron chi connectivity index (χ3n) is 4.14. The highest BCUT2D eigenvalue weighted by Crippen LogP contribution is 2.53. The first-order chi connectivity index (χ1) is 5.42. The van der Waals surface area contributed by atoms with Crippen molar-refractivity contribution in [2.45, 2.75) is 40.5 Å². The lowest BCUT2D eigenvalue weighted by Crippen LogP contribution is -2.35. The molecule has 0 radical (unpaired) electrons. The summed E-state index contributed by atoms with van der Waals surface area (Å²) in [6.07, 6.45) is 2.76. The SMILES string of the molecule is CNC[C@]1(C)CCC(C)(C)C1C. The Kier molecular flexibility index (Phi) is 2.53. The Labute approximate surface area is 76.9 Å². The van der Waals surface area contributed by atoms with Gasteiger partial charge in [0, 0.05) is 6.54 Å². The number of hydrogen-bond acceptors (Lipinski definition) is 1. The third kappa shape index (κ3) is 1.52. The Bertz CT molecular complexity index is 162. The topological polar surface area (TPSA) is 12.0 Å². The first-order valence-corrected chi connectivity index (χ1v) is 5.07. The van der Waals surface area contributed by atoms with Gasteiger partial charge in [0.25, 0.3) is 0 Å². The van der Waals surface area contributed by atoms with Crippen molar-refractivity contribution >= 4 is 0 Å². The monoisotopic (exact) mass is 169 g/mol. The molecule has 1 aliphatic carbocycles. The summed E-state index contributed by atoms with van der Waals surface area (Å²) in [5.41, 5.74) is 1.07. The van der Waals surface area contributed by atoms with Gasteiger partial charge in [-0.1, -0.05) is 27.7 Å². The lowest BCUT2D eigenvalue weighted by atomic mass is 9.72. The van der Waals surface area contributed by atoms with Gasteiger partial charge in [0.15, 0.2) is 0 Å². The summed E-state index contributed by atoms with van der Waals surface area (Å²) >= 11 is 0. The summed E-state index contributed by atoms with van der Waals surface area (Å²) in [4.78, 5) is 0. The Hall–Kier alpha value is -0.0400. The molecule has 2 atom stereocenters. The van der Waals surface area contributed by atoms with Crippen LogP contribution >= 0.6 is 0 Å². The van der Waals surface area contributed by atoms with Crippen LogP contribution in [0.1, 0.15) is 40.5 Å². The van der Waals surface area contributed by atoms with E-state index < -0.39 is 0 Å². The molecule has 1 aliphatic rings. The number of hydrogen-bond donors (Lipinski definition) is 1. The molecule has 0 aliphatic heterocycles. The molecule has 1 rings (SSSR count). The molecule has 0 aromatic carbocycles. The van der Waals surface area contributed by atoms with E-state index in [1.165, 1.54) is 12.8 Å². The molecule has 0 heterocycles. The van der Waals surface area contributed by atoms with Crippen LogP contribution in [0.25, 0.3) is 0 Å². The van der Waals surface area contributed by atoms with Crippen molar-refractivity contribution in [1.29, 1.82) is 0 Å². The van der Waals surface area contributed by atoms with Gasteiger partial charge in [-0.25, -0.2) is 0 Å². The normalized spacial score (nSPS) is 40.2. The van der Waals surface area contributed by atoms with Crippen LogP contribution in [-0.2, 0) is 0 Å². The molecule has 0 aromatic rings. The van der Waals surface area contributed by atoms with E-state index in [4.69, 9.17) is 0 Å². The molecule has 1 heteroatoms. The zero-order chi connectivity index (χ0) is 9.41. The first-order valence-electron chi connectivity index (χ1n) is 5.07. The van der Waals surface area contributed by atoms with Crippen molar-refractivity contribution in [3.8, 4) is 0 Å². The molecule has 0 bridgehead atoms. The zero-order valence-corrected chi connectivity index (χ0v) is 9.20. The second-order valence-corrected chi connectivity index (χ2v) is 5.39. The van der Waals surface area contributed by atoms with E-state index in [0.717, 1.165) is 12.5 Å². The van der Waals surface area contributed by atoms with Crippen LogP contribution in [0.5, 0.6) is 0 Å². The maximum Gasteiger partial charge on any atom is 0.000491 e. The largest absolute Gasteiger partial charge is 0.319 e. The number of nitrogens with one attached hydrogen (secondary N) is 1. The van der Waals surface area contributed by atoms with Crippen molar-refractivity contribution in [2.24, 2.45) is 16.7 Å². The van der Waals surface area contributed by atoms with E-state index in [0.29, 0.717) is 10.8 Å². The minimum Gasteiger partial charge on any atom is -0.319 e. The van der Waals surface area contributed by atoms with Crippen LogP contribution in [0.15, 0.2) is 0 Å². The maximum absolute atomic E-state index is 3.32. The maximum atomic E-state index is 3.32. The van der Waals surface area contributed by atoms with Gasteiger partial charge in [-0.15, -0.1) is 0 Å². The zero-order valence-electron chi connectivity index (χ0n) is 9.20. The summed E-state index contributed by atoms with van der Waals surface area (Å²) in [7, 11) is 2.06. The molecule has 0 spiro atoms. The van der Waals surface area contributed by atoms with Crippen LogP contribution in [0.3, 0.4) is 0 Å². The Morgan fingerprint density at radius 3 is 2.17 bits per heavy atom. The van der Waals surface area contributed by atoms with Crippen LogP contribution in [-0.4, -0.2) is 13.6 Å². The van der Waals surface area contributed by atoms with Gasteiger partial charge in [0.1, 0.15) is 0 Å². The van der Waals surface area contributed by atoms with Gasteiger partial charge in [-0.3, -0.25) is 0 Å². The fraction of sp³-hybridized carbons (Fsp3) is 1.00. The summed E-state index contributed by atoms with van der Waals surface area (Å²) in [5, 5.41) is 3.32. The van der Waals surface area contributed by atoms with Crippen molar-refractivity contribution in [3.63, 3.8) is 0 Å². The fourth-order valence-corrected chi connectivity index (χ4v) is 2.63. The fourth-order valence-electron chi connectivity index (χ4n) is 2.63. The van der Waals surface area contributed by atoms with Crippen molar-refractivity contribution < 1.29 is 0 Å². The molecule has 0 aromatic heterocycles. The molecule has 12 heavy (non-hydrogen) atoms. The first kappa shape index (κ1) is 10.0. The van der Waals surface area contributed by atoms with Crippen LogP contribution < -0.4 is 5.32 Å². The van der Waals surface area contributed by atoms with E-state index in [1.807, 2.05) is 0 Å². The lowest BCUT2D eigenvalue weighted by Gasteiger charge is -2.35. The van der Waals surface area contributed by atoms with Crippen molar-refractivity contribution in [1.82, 2.24) is 5.32 Å². The Balaban J connectivity index is 2.71. The van der Waals surface area contributed by atoms with Gasteiger partial charge >= 0.3 is 0 Å². The third-order valence-corrected chi connectivity index (χ3v) is 4.14. The number of rotatable bonds is 2. The van der Waals surface area contributed by atoms with Gasteiger partial charge in [-0.05, 0) is 36.6 Å². The summed E-state index contributed by atoms with van der Waals surface area (Å²) in [6.45, 7) is 10.8. The standard InChI is InChI=1S/C11H23N/c1-9-10(2,3)6-7-11(9,4)8-12-5/h9,12H,6-8H2,1-5H3/t9?,11-/m0/s1. The predicted molar refractivity (Wildman–Crippen MR) is 54.2 cm³/mol. The molecular weight excluding hydrogens is 146 g/mol. The second kappa shape index (κ2) is 3.02. The lowest BCUT2D eigenvalue weighted by molar-refractivity contribution is 0.159. The summed E-state index contributed by atoms with van der Waals surface area (Å²) < 4.78 is 0. The highest BCUT2D eigenvalue weighted by atomic mass is 14.8. The molecule has 0 saturated heterocycles. The van der Waals surface area contributed by atoms with Crippen molar-refractivity contribution in [3.05, 3.63) is 0 Å². The van der Waals surface area contributed by atoms with Crippen molar-refractivity contribution in [2.75, 3.05) is 13.6 Å². The second-order valence-electron chi connectivity index (χ2n) is 5.39. The molecule has 1 fully saturated rings. The van der Waals surface area contributed by atoms with E-state index in [1.54, 1.807) is 0 Å². The van der Waals surface area contributed by atoms with Gasteiger partial charge < -0.3 is 5.32 Å². The molecular formula is C11H23N. The Morgan fingerprint density at radius 2 is 1.83 bits per heavy atom. The Morgan fingerprint density at radius 1 is 1.25 bits per heavy atom. The average Bonchev–Trinajstić information content (AvgIpc) is 2.17. The van der Waals surface area contributed by atoms with E-state index >= 15 is 0 Å². The minimum atomic E-state index is 0.526. The molecule has 1 saturated carbocycles. The quantitative estimate of drug-likeness (QED) is 0.670. The predicted octanol–water partition coefficient (Wildman–Crippen LogP) is 2.67. The van der Waals surface area contributed by atoms with E-state index in [9.17, 15) is 0 Å². The molecule has 72 valence electrons. The molecule has 1 unspecified atom stereocenters. The van der Waals surface area contributed by atoms with Crippen LogP contribution in [0.4, 0.5) is 0 Å². The van der Waals surface area contributed by atoms with Crippen LogP contribution in [0, 0.1) is 16.7 Å². The smallest absolute Gasteiger partial charge is 0.000491 e. The van der Waals surface area contributed by atoms with Gasteiger partial charge in [0.05, 0.1) is 0 Å². The minimum absolute atomic E-state index is 0.526. The molecule has 1 N–H and O–H groups in total. The van der Waals surface area contributed by atoms with E-state index in [-0.39, 0.29) is 0 Å². The highest BCUT2D eigenvalue weighted by molar-refractivity contribution is 4.97. The highest BCUT2D eigenvalue weighted by Gasteiger charge is 2.46. The summed E-state index contributed by atoms with van der Waals surface area (Å²) in [6, 6.07) is 0. The summed E-state index contributed by atoms with van der Waals surface area (Å²) in [5.74, 6) is 0.831. The van der Waals surface area contributed by atoms with E-state index in [2.05, 4.69) is 40.1 Å². The molecule has 0 amide bonds. The van der Waals surface area contributed by atoms with Gasteiger partial charge in [0.2, 0.25) is 0 Å². The average molecular weight is 169 g/mol.